The fraction of sp³-hybridized carbons (Fsp3) is 0.294. The summed E-state index contributed by atoms with van der Waals surface area (Å²) >= 11 is 0. The minimum absolute atomic E-state index is 0.0941. The van der Waals surface area contributed by atoms with Crippen molar-refractivity contribution < 1.29 is 4.74 Å². The zero-order valence-electron chi connectivity index (χ0n) is 11.2. The molecule has 1 fully saturated rings. The van der Waals surface area contributed by atoms with Crippen molar-refractivity contribution in [3.8, 4) is 5.75 Å². The number of nitrogens with two attached hydrogens (primary N) is 1. The number of hydrogen-bond acceptors (Lipinski definition) is 2. The standard InChI is InChI=1S/C17H19NO/c1-12-5-7-13(8-6-12)17(18)14-3-2-4-16(11-14)19-15-9-10-15/h2-8,11,15,17H,9-10,18H2,1H3. The monoisotopic (exact) mass is 253 g/mol. The number of benzene rings is 2. The van der Waals surface area contributed by atoms with E-state index in [-0.39, 0.29) is 6.04 Å². The van der Waals surface area contributed by atoms with E-state index in [1.807, 2.05) is 12.1 Å². The topological polar surface area (TPSA) is 35.2 Å². The van der Waals surface area contributed by atoms with Gasteiger partial charge in [-0.1, -0.05) is 42.0 Å². The maximum Gasteiger partial charge on any atom is 0.120 e. The van der Waals surface area contributed by atoms with Gasteiger partial charge >= 0.3 is 0 Å². The van der Waals surface area contributed by atoms with Gasteiger partial charge in [0.25, 0.3) is 0 Å². The van der Waals surface area contributed by atoms with Crippen LogP contribution in [0.15, 0.2) is 48.5 Å². The first-order chi connectivity index (χ1) is 9.22. The number of ether oxygens (including phenoxy) is 1. The molecule has 0 radical (unpaired) electrons. The van der Waals surface area contributed by atoms with E-state index in [4.69, 9.17) is 10.5 Å². The fourth-order valence-corrected chi connectivity index (χ4v) is 2.13. The van der Waals surface area contributed by atoms with Gasteiger partial charge in [-0.25, -0.2) is 0 Å². The Morgan fingerprint density at radius 3 is 2.47 bits per heavy atom. The Bertz CT molecular complexity index is 558. The highest BCUT2D eigenvalue weighted by atomic mass is 16.5. The van der Waals surface area contributed by atoms with Crippen LogP contribution in [0.2, 0.25) is 0 Å². The summed E-state index contributed by atoms with van der Waals surface area (Å²) in [6.07, 6.45) is 2.77. The molecular formula is C17H19NO. The first-order valence-electron chi connectivity index (χ1n) is 6.81. The van der Waals surface area contributed by atoms with E-state index < -0.39 is 0 Å². The maximum absolute atomic E-state index is 6.33. The Kier molecular flexibility index (Phi) is 3.26. The van der Waals surface area contributed by atoms with Gasteiger partial charge in [0.2, 0.25) is 0 Å². The van der Waals surface area contributed by atoms with Gasteiger partial charge in [-0.3, -0.25) is 0 Å². The summed E-state index contributed by atoms with van der Waals surface area (Å²) in [4.78, 5) is 0. The molecular weight excluding hydrogens is 234 g/mol. The molecule has 0 heterocycles. The summed E-state index contributed by atoms with van der Waals surface area (Å²) in [6, 6.07) is 16.4. The smallest absolute Gasteiger partial charge is 0.120 e. The minimum atomic E-state index is -0.0941. The lowest BCUT2D eigenvalue weighted by molar-refractivity contribution is 0.303. The largest absolute Gasteiger partial charge is 0.490 e. The molecule has 2 nitrogen and oxygen atoms in total. The van der Waals surface area contributed by atoms with E-state index in [2.05, 4.69) is 43.3 Å². The number of hydrogen-bond donors (Lipinski definition) is 1. The van der Waals surface area contributed by atoms with Crippen molar-refractivity contribution in [2.75, 3.05) is 0 Å². The fourth-order valence-electron chi connectivity index (χ4n) is 2.13. The summed E-state index contributed by atoms with van der Waals surface area (Å²) in [5, 5.41) is 0. The maximum atomic E-state index is 6.33. The first-order valence-corrected chi connectivity index (χ1v) is 6.81. The highest BCUT2D eigenvalue weighted by Gasteiger charge is 2.23. The summed E-state index contributed by atoms with van der Waals surface area (Å²) in [5.41, 5.74) is 9.81. The lowest BCUT2D eigenvalue weighted by Gasteiger charge is -2.14. The number of aryl methyl sites for hydroxylation is 1. The molecule has 0 spiro atoms. The minimum Gasteiger partial charge on any atom is -0.490 e. The van der Waals surface area contributed by atoms with E-state index in [0.717, 1.165) is 16.9 Å². The van der Waals surface area contributed by atoms with Crippen LogP contribution in [0.3, 0.4) is 0 Å². The van der Waals surface area contributed by atoms with Crippen molar-refractivity contribution in [2.45, 2.75) is 31.9 Å². The second-order valence-corrected chi connectivity index (χ2v) is 5.28. The molecule has 98 valence electrons. The van der Waals surface area contributed by atoms with Crippen LogP contribution in [-0.4, -0.2) is 6.10 Å². The molecule has 1 aliphatic carbocycles. The highest BCUT2D eigenvalue weighted by molar-refractivity contribution is 5.37. The third-order valence-corrected chi connectivity index (χ3v) is 3.48. The van der Waals surface area contributed by atoms with Crippen molar-refractivity contribution in [1.82, 2.24) is 0 Å². The van der Waals surface area contributed by atoms with Gasteiger partial charge in [-0.2, -0.15) is 0 Å². The van der Waals surface area contributed by atoms with E-state index in [1.165, 1.54) is 18.4 Å². The molecule has 1 saturated carbocycles. The summed E-state index contributed by atoms with van der Waals surface area (Å²) in [6.45, 7) is 2.08. The van der Waals surface area contributed by atoms with Gasteiger partial charge < -0.3 is 10.5 Å². The van der Waals surface area contributed by atoms with Crippen LogP contribution in [0.25, 0.3) is 0 Å². The summed E-state index contributed by atoms with van der Waals surface area (Å²) in [7, 11) is 0. The van der Waals surface area contributed by atoms with Gasteiger partial charge in [0.05, 0.1) is 12.1 Å². The highest BCUT2D eigenvalue weighted by Crippen LogP contribution is 2.29. The molecule has 0 saturated heterocycles. The van der Waals surface area contributed by atoms with Crippen molar-refractivity contribution in [3.05, 3.63) is 65.2 Å². The van der Waals surface area contributed by atoms with E-state index >= 15 is 0 Å². The Balaban J connectivity index is 1.81. The number of rotatable bonds is 4. The second-order valence-electron chi connectivity index (χ2n) is 5.28. The van der Waals surface area contributed by atoms with Crippen molar-refractivity contribution >= 4 is 0 Å². The Hall–Kier alpha value is -1.80. The zero-order chi connectivity index (χ0) is 13.2. The molecule has 1 unspecified atom stereocenters. The molecule has 0 aliphatic heterocycles. The molecule has 2 N–H and O–H groups in total. The molecule has 2 aromatic rings. The first kappa shape index (κ1) is 12.2. The van der Waals surface area contributed by atoms with Crippen LogP contribution in [0.4, 0.5) is 0 Å². The van der Waals surface area contributed by atoms with Crippen molar-refractivity contribution in [2.24, 2.45) is 5.73 Å². The Labute approximate surface area is 114 Å². The lowest BCUT2D eigenvalue weighted by Crippen LogP contribution is -2.12. The zero-order valence-corrected chi connectivity index (χ0v) is 11.2. The van der Waals surface area contributed by atoms with Crippen LogP contribution in [0.5, 0.6) is 5.75 Å². The molecule has 2 aromatic carbocycles. The van der Waals surface area contributed by atoms with E-state index in [9.17, 15) is 0 Å². The third-order valence-electron chi connectivity index (χ3n) is 3.48. The van der Waals surface area contributed by atoms with Crippen molar-refractivity contribution in [3.63, 3.8) is 0 Å². The molecule has 19 heavy (non-hydrogen) atoms. The van der Waals surface area contributed by atoms with Gasteiger partial charge in [0.15, 0.2) is 0 Å². The molecule has 0 bridgehead atoms. The quantitative estimate of drug-likeness (QED) is 0.903. The molecule has 0 amide bonds. The van der Waals surface area contributed by atoms with Crippen LogP contribution < -0.4 is 10.5 Å². The van der Waals surface area contributed by atoms with Crippen LogP contribution >= 0.6 is 0 Å². The molecule has 1 aliphatic rings. The summed E-state index contributed by atoms with van der Waals surface area (Å²) < 4.78 is 5.82. The van der Waals surface area contributed by atoms with Gasteiger partial charge in [-0.05, 0) is 43.0 Å². The van der Waals surface area contributed by atoms with E-state index in [0.29, 0.717) is 6.10 Å². The predicted molar refractivity (Wildman–Crippen MR) is 77.3 cm³/mol. The lowest BCUT2D eigenvalue weighted by atomic mass is 9.98. The van der Waals surface area contributed by atoms with Gasteiger partial charge in [0.1, 0.15) is 5.75 Å². The normalized spacial score (nSPS) is 16.1. The second kappa shape index (κ2) is 5.06. The molecule has 3 rings (SSSR count). The van der Waals surface area contributed by atoms with E-state index in [1.54, 1.807) is 0 Å². The Morgan fingerprint density at radius 1 is 1.05 bits per heavy atom. The molecule has 0 aromatic heterocycles. The third kappa shape index (κ3) is 2.96. The van der Waals surface area contributed by atoms with Crippen LogP contribution in [0.1, 0.15) is 35.6 Å². The van der Waals surface area contributed by atoms with Gasteiger partial charge in [0, 0.05) is 0 Å². The molecule has 2 heteroatoms. The summed E-state index contributed by atoms with van der Waals surface area (Å²) in [5.74, 6) is 0.933. The van der Waals surface area contributed by atoms with Gasteiger partial charge in [-0.15, -0.1) is 0 Å². The average molecular weight is 253 g/mol. The van der Waals surface area contributed by atoms with Crippen LogP contribution in [-0.2, 0) is 0 Å². The average Bonchev–Trinajstić information content (AvgIpc) is 3.23. The predicted octanol–water partition coefficient (Wildman–Crippen LogP) is 3.58. The van der Waals surface area contributed by atoms with Crippen LogP contribution in [0, 0.1) is 6.92 Å². The SMILES string of the molecule is Cc1ccc(C(N)c2cccc(OC3CC3)c2)cc1. The Morgan fingerprint density at radius 2 is 1.79 bits per heavy atom. The van der Waals surface area contributed by atoms with Crippen molar-refractivity contribution in [1.29, 1.82) is 0 Å². The molecule has 1 atom stereocenters.